The molecule has 0 spiro atoms. The molecule has 1 aromatic heterocycles. The van der Waals surface area contributed by atoms with Crippen molar-refractivity contribution < 1.29 is 18.7 Å². The Bertz CT molecular complexity index is 740. The van der Waals surface area contributed by atoms with E-state index in [1.54, 1.807) is 12.3 Å². The lowest BCUT2D eigenvalue weighted by molar-refractivity contribution is 0.0550. The zero-order chi connectivity index (χ0) is 16.6. The summed E-state index contributed by atoms with van der Waals surface area (Å²) in [5.41, 5.74) is 1.91. The molecule has 0 radical (unpaired) electrons. The average Bonchev–Trinajstić information content (AvgIpc) is 3.25. The van der Waals surface area contributed by atoms with E-state index in [1.807, 2.05) is 11.0 Å². The predicted octanol–water partition coefficient (Wildman–Crippen LogP) is 3.49. The van der Waals surface area contributed by atoms with Crippen LogP contribution in [0.25, 0.3) is 0 Å². The van der Waals surface area contributed by atoms with Gasteiger partial charge in [-0.15, -0.1) is 0 Å². The van der Waals surface area contributed by atoms with Crippen molar-refractivity contribution in [3.05, 3.63) is 47.9 Å². The van der Waals surface area contributed by atoms with Crippen LogP contribution in [0.15, 0.2) is 41.2 Å². The zero-order valence-electron chi connectivity index (χ0n) is 13.8. The third kappa shape index (κ3) is 2.86. The molecule has 24 heavy (non-hydrogen) atoms. The van der Waals surface area contributed by atoms with E-state index >= 15 is 0 Å². The summed E-state index contributed by atoms with van der Waals surface area (Å²) in [6.45, 7) is 4.11. The first-order valence-corrected chi connectivity index (χ1v) is 8.33. The lowest BCUT2D eigenvalue weighted by Crippen LogP contribution is -2.45. The first-order chi connectivity index (χ1) is 11.6. The number of fused-ring (bicyclic) bond motifs is 1. The number of hydrogen-bond acceptors (Lipinski definition) is 4. The van der Waals surface area contributed by atoms with Crippen LogP contribution in [0.5, 0.6) is 11.5 Å². The molecule has 126 valence electrons. The van der Waals surface area contributed by atoms with Gasteiger partial charge in [0.15, 0.2) is 11.5 Å². The smallest absolute Gasteiger partial charge is 0.257 e. The number of rotatable bonds is 3. The van der Waals surface area contributed by atoms with Crippen molar-refractivity contribution >= 4 is 5.91 Å². The summed E-state index contributed by atoms with van der Waals surface area (Å²) in [7, 11) is 0. The number of furan rings is 1. The Morgan fingerprint density at radius 3 is 2.96 bits per heavy atom. The van der Waals surface area contributed by atoms with E-state index in [4.69, 9.17) is 13.9 Å². The number of piperidine rings is 1. The van der Waals surface area contributed by atoms with Gasteiger partial charge in [0.05, 0.1) is 11.8 Å². The number of carbonyl (C=O) groups excluding carboxylic acids is 1. The van der Waals surface area contributed by atoms with Crippen molar-refractivity contribution in [1.82, 2.24) is 4.90 Å². The van der Waals surface area contributed by atoms with Gasteiger partial charge in [-0.05, 0) is 48.4 Å². The fourth-order valence-corrected chi connectivity index (χ4v) is 3.75. The Kier molecular flexibility index (Phi) is 3.71. The minimum absolute atomic E-state index is 0.0559. The number of nitrogens with zero attached hydrogens (tertiary/aromatic N) is 1. The minimum Gasteiger partial charge on any atom is -0.472 e. The number of hydrogen-bond donors (Lipinski definition) is 0. The topological polar surface area (TPSA) is 51.9 Å². The van der Waals surface area contributed by atoms with E-state index in [9.17, 15) is 4.79 Å². The normalized spacial score (nSPS) is 22.6. The summed E-state index contributed by atoms with van der Waals surface area (Å²) >= 11 is 0. The number of benzene rings is 1. The number of amides is 1. The van der Waals surface area contributed by atoms with E-state index < -0.39 is 0 Å². The maximum atomic E-state index is 12.6. The Hall–Kier alpha value is -2.43. The van der Waals surface area contributed by atoms with Gasteiger partial charge in [-0.2, -0.15) is 0 Å². The minimum atomic E-state index is 0.0559. The Balaban J connectivity index is 1.49. The first kappa shape index (κ1) is 15.1. The van der Waals surface area contributed by atoms with Crippen LogP contribution in [0, 0.1) is 5.41 Å². The van der Waals surface area contributed by atoms with Gasteiger partial charge in [-0.1, -0.05) is 13.0 Å². The highest BCUT2D eigenvalue weighted by Crippen LogP contribution is 2.37. The first-order valence-electron chi connectivity index (χ1n) is 8.33. The van der Waals surface area contributed by atoms with Crippen LogP contribution in [-0.2, 0) is 6.42 Å². The highest BCUT2D eigenvalue weighted by Gasteiger charge is 2.34. The maximum absolute atomic E-state index is 12.6. The van der Waals surface area contributed by atoms with Crippen LogP contribution in [0.2, 0.25) is 0 Å². The van der Waals surface area contributed by atoms with Gasteiger partial charge in [-0.3, -0.25) is 4.79 Å². The largest absolute Gasteiger partial charge is 0.472 e. The lowest BCUT2D eigenvalue weighted by Gasteiger charge is -2.40. The summed E-state index contributed by atoms with van der Waals surface area (Å²) in [5.74, 6) is 1.68. The summed E-state index contributed by atoms with van der Waals surface area (Å²) in [4.78, 5) is 14.5. The molecule has 2 aliphatic rings. The third-order valence-electron chi connectivity index (χ3n) is 4.90. The number of likely N-dealkylation sites (tertiary alicyclic amines) is 1. The molecule has 2 aromatic rings. The van der Waals surface area contributed by atoms with Crippen LogP contribution < -0.4 is 9.47 Å². The number of ether oxygens (including phenoxy) is 2. The number of carbonyl (C=O) groups is 1. The van der Waals surface area contributed by atoms with Gasteiger partial charge >= 0.3 is 0 Å². The van der Waals surface area contributed by atoms with Crippen LogP contribution >= 0.6 is 0 Å². The van der Waals surface area contributed by atoms with Gasteiger partial charge in [0.2, 0.25) is 6.79 Å². The second kappa shape index (κ2) is 5.89. The quantitative estimate of drug-likeness (QED) is 0.866. The summed E-state index contributed by atoms with van der Waals surface area (Å²) in [6, 6.07) is 7.85. The van der Waals surface area contributed by atoms with Crippen LogP contribution in [-0.4, -0.2) is 30.7 Å². The highest BCUT2D eigenvalue weighted by atomic mass is 16.7. The van der Waals surface area contributed by atoms with Crippen molar-refractivity contribution in [2.24, 2.45) is 5.41 Å². The molecule has 1 atom stereocenters. The van der Waals surface area contributed by atoms with E-state index in [0.29, 0.717) is 12.4 Å². The van der Waals surface area contributed by atoms with Crippen molar-refractivity contribution in [1.29, 1.82) is 0 Å². The van der Waals surface area contributed by atoms with Crippen molar-refractivity contribution in [3.8, 4) is 11.5 Å². The van der Waals surface area contributed by atoms with E-state index in [-0.39, 0.29) is 11.3 Å². The van der Waals surface area contributed by atoms with Gasteiger partial charge in [0.1, 0.15) is 6.26 Å². The highest BCUT2D eigenvalue weighted by molar-refractivity contribution is 5.93. The van der Waals surface area contributed by atoms with Gasteiger partial charge in [0.25, 0.3) is 5.91 Å². The fourth-order valence-electron chi connectivity index (χ4n) is 3.75. The fraction of sp³-hybridized carbons (Fsp3) is 0.421. The maximum Gasteiger partial charge on any atom is 0.257 e. The van der Waals surface area contributed by atoms with E-state index in [2.05, 4.69) is 19.1 Å². The Labute approximate surface area is 141 Å². The molecule has 2 aliphatic heterocycles. The van der Waals surface area contributed by atoms with Crippen molar-refractivity contribution in [3.63, 3.8) is 0 Å². The molecule has 5 heteroatoms. The van der Waals surface area contributed by atoms with Crippen molar-refractivity contribution in [2.75, 3.05) is 19.9 Å². The standard InChI is InChI=1S/C19H21NO4/c1-19(10-14-3-4-16-17(9-14)24-13-23-16)6-2-7-20(12-19)18(21)15-5-8-22-11-15/h3-5,8-9,11H,2,6-7,10,12-13H2,1H3. The van der Waals surface area contributed by atoms with Crippen LogP contribution in [0.1, 0.15) is 35.7 Å². The molecule has 0 bridgehead atoms. The molecule has 1 fully saturated rings. The van der Waals surface area contributed by atoms with Gasteiger partial charge in [-0.25, -0.2) is 0 Å². The molecule has 1 amide bonds. The Morgan fingerprint density at radius 2 is 2.12 bits per heavy atom. The summed E-state index contributed by atoms with van der Waals surface area (Å²) in [6.07, 6.45) is 6.11. The molecule has 3 heterocycles. The van der Waals surface area contributed by atoms with Crippen LogP contribution in [0.4, 0.5) is 0 Å². The molecule has 1 aromatic carbocycles. The third-order valence-corrected chi connectivity index (χ3v) is 4.90. The second-order valence-corrected chi connectivity index (χ2v) is 7.02. The average molecular weight is 327 g/mol. The SMILES string of the molecule is CC1(Cc2ccc3c(c2)OCO3)CCCN(C(=O)c2ccoc2)C1. The molecule has 5 nitrogen and oxygen atoms in total. The molecule has 1 saturated heterocycles. The molecular weight excluding hydrogens is 306 g/mol. The zero-order valence-corrected chi connectivity index (χ0v) is 13.8. The van der Waals surface area contributed by atoms with Crippen molar-refractivity contribution in [2.45, 2.75) is 26.2 Å². The molecule has 4 rings (SSSR count). The second-order valence-electron chi connectivity index (χ2n) is 7.02. The van der Waals surface area contributed by atoms with Gasteiger partial charge < -0.3 is 18.8 Å². The molecule has 0 N–H and O–H groups in total. The molecule has 0 aliphatic carbocycles. The predicted molar refractivity (Wildman–Crippen MR) is 88.2 cm³/mol. The Morgan fingerprint density at radius 1 is 1.25 bits per heavy atom. The van der Waals surface area contributed by atoms with Crippen LogP contribution in [0.3, 0.4) is 0 Å². The van der Waals surface area contributed by atoms with Gasteiger partial charge in [0, 0.05) is 13.1 Å². The molecule has 0 saturated carbocycles. The van der Waals surface area contributed by atoms with E-state index in [1.165, 1.54) is 11.8 Å². The lowest BCUT2D eigenvalue weighted by atomic mass is 9.77. The summed E-state index contributed by atoms with van der Waals surface area (Å²) < 4.78 is 15.9. The molecule has 1 unspecified atom stereocenters. The monoisotopic (exact) mass is 327 g/mol. The summed E-state index contributed by atoms with van der Waals surface area (Å²) in [5, 5.41) is 0. The van der Waals surface area contributed by atoms with E-state index in [0.717, 1.165) is 43.9 Å². The molecular formula is C19H21NO4.